The molecule has 2 fully saturated rings. The van der Waals surface area contributed by atoms with E-state index in [2.05, 4.69) is 25.5 Å². The van der Waals surface area contributed by atoms with Crippen molar-refractivity contribution in [2.24, 2.45) is 0 Å². The summed E-state index contributed by atoms with van der Waals surface area (Å²) in [5.41, 5.74) is -0.213. The number of rotatable bonds is 7. The van der Waals surface area contributed by atoms with Crippen LogP contribution in [0.2, 0.25) is 0 Å². The van der Waals surface area contributed by atoms with Crippen molar-refractivity contribution >= 4 is 40.7 Å². The minimum absolute atomic E-state index is 0. The van der Waals surface area contributed by atoms with Gasteiger partial charge in [-0.25, -0.2) is 18.7 Å². The first kappa shape index (κ1) is 30.0. The van der Waals surface area contributed by atoms with Crippen LogP contribution in [-0.2, 0) is 0 Å². The van der Waals surface area contributed by atoms with Crippen LogP contribution in [0.25, 0.3) is 16.6 Å². The molecule has 0 atom stereocenters. The Bertz CT molecular complexity index is 1990. The molecule has 0 spiro atoms. The molecule has 0 bridgehead atoms. The Morgan fingerprint density at radius 1 is 0.978 bits per heavy atom. The highest BCUT2D eigenvalue weighted by Crippen LogP contribution is 2.34. The number of benzene rings is 2. The highest BCUT2D eigenvalue weighted by atomic mass is 35.5. The van der Waals surface area contributed by atoms with E-state index in [1.165, 1.54) is 22.9 Å². The third-order valence-electron chi connectivity index (χ3n) is 7.74. The fourth-order valence-electron chi connectivity index (χ4n) is 5.26. The molecule has 2 aliphatic rings. The summed E-state index contributed by atoms with van der Waals surface area (Å²) in [6.45, 7) is 3.52. The Morgan fingerprint density at radius 2 is 1.71 bits per heavy atom. The second-order valence-corrected chi connectivity index (χ2v) is 10.8. The van der Waals surface area contributed by atoms with Crippen LogP contribution in [0.4, 0.5) is 15.9 Å². The normalized spacial score (nSPS) is 14.6. The smallest absolute Gasteiger partial charge is 0.335 e. The van der Waals surface area contributed by atoms with Crippen LogP contribution >= 0.6 is 12.4 Å². The number of ether oxygens (including phenoxy) is 1. The first-order valence-electron chi connectivity index (χ1n) is 14.4. The number of anilines is 2. The van der Waals surface area contributed by atoms with Gasteiger partial charge in [0, 0.05) is 55.7 Å². The van der Waals surface area contributed by atoms with E-state index >= 15 is 0 Å². The summed E-state index contributed by atoms with van der Waals surface area (Å²) < 4.78 is 22.0. The molecule has 5 aromatic rings. The second kappa shape index (κ2) is 12.5. The zero-order valence-corrected chi connectivity index (χ0v) is 24.8. The van der Waals surface area contributed by atoms with Crippen molar-refractivity contribution in [2.75, 3.05) is 36.4 Å². The molecule has 2 N–H and O–H groups in total. The fourth-order valence-corrected chi connectivity index (χ4v) is 5.26. The first-order chi connectivity index (χ1) is 21.4. The quantitative estimate of drug-likeness (QED) is 0.273. The van der Waals surface area contributed by atoms with Gasteiger partial charge in [0.05, 0.1) is 17.4 Å². The summed E-state index contributed by atoms with van der Waals surface area (Å²) in [5.74, 6) is 0.856. The average Bonchev–Trinajstić information content (AvgIpc) is 3.89. The minimum Gasteiger partial charge on any atom is -0.457 e. The zero-order valence-electron chi connectivity index (χ0n) is 24.0. The number of halogens is 2. The molecule has 11 nitrogen and oxygen atoms in total. The molecular weight excluding hydrogens is 601 g/mol. The third-order valence-corrected chi connectivity index (χ3v) is 7.74. The molecule has 0 radical (unpaired) electrons. The van der Waals surface area contributed by atoms with Crippen LogP contribution in [0.15, 0.2) is 88.8 Å². The van der Waals surface area contributed by atoms with Crippen molar-refractivity contribution in [1.29, 1.82) is 0 Å². The lowest BCUT2D eigenvalue weighted by atomic mass is 10.2. The average molecular weight is 630 g/mol. The van der Waals surface area contributed by atoms with Gasteiger partial charge in [0.2, 0.25) is 0 Å². The predicted molar refractivity (Wildman–Crippen MR) is 171 cm³/mol. The Balaban J connectivity index is 0.00000357. The molecule has 1 saturated heterocycles. The van der Waals surface area contributed by atoms with Crippen molar-refractivity contribution in [3.63, 3.8) is 0 Å². The number of nitrogens with zero attached hydrogens (tertiary/aromatic N) is 5. The molecule has 1 aliphatic carbocycles. The Morgan fingerprint density at radius 3 is 2.42 bits per heavy atom. The van der Waals surface area contributed by atoms with E-state index < -0.39 is 23.0 Å². The van der Waals surface area contributed by atoms with E-state index in [4.69, 9.17) is 4.74 Å². The van der Waals surface area contributed by atoms with Crippen molar-refractivity contribution in [3.05, 3.63) is 111 Å². The van der Waals surface area contributed by atoms with Gasteiger partial charge in [-0.2, -0.15) is 0 Å². The van der Waals surface area contributed by atoms with Crippen LogP contribution in [0.5, 0.6) is 11.5 Å². The van der Waals surface area contributed by atoms with Gasteiger partial charge in [0.15, 0.2) is 0 Å². The summed E-state index contributed by atoms with van der Waals surface area (Å²) in [7, 11) is 0. The minimum atomic E-state index is -0.782. The number of pyridine rings is 2. The van der Waals surface area contributed by atoms with Crippen LogP contribution in [-0.4, -0.2) is 51.2 Å². The van der Waals surface area contributed by atoms with E-state index in [1.807, 2.05) is 6.07 Å². The van der Waals surface area contributed by atoms with Gasteiger partial charge in [0.25, 0.3) is 11.5 Å². The van der Waals surface area contributed by atoms with Gasteiger partial charge < -0.3 is 20.3 Å². The lowest BCUT2D eigenvalue weighted by Gasteiger charge is -2.28. The highest BCUT2D eigenvalue weighted by molar-refractivity contribution is 6.03. The number of amides is 1. The molecule has 7 rings (SSSR count). The van der Waals surface area contributed by atoms with Gasteiger partial charge in [-0.15, -0.1) is 12.4 Å². The molecule has 0 unspecified atom stereocenters. The molecule has 1 aliphatic heterocycles. The van der Waals surface area contributed by atoms with E-state index in [0.29, 0.717) is 22.7 Å². The van der Waals surface area contributed by atoms with Crippen molar-refractivity contribution in [2.45, 2.75) is 18.9 Å². The maximum atomic E-state index is 13.5. The number of carbonyl (C=O) groups excluding carboxylic acids is 1. The summed E-state index contributed by atoms with van der Waals surface area (Å²) in [4.78, 5) is 51.0. The van der Waals surface area contributed by atoms with Crippen LogP contribution < -0.4 is 31.5 Å². The van der Waals surface area contributed by atoms with Crippen molar-refractivity contribution < 1.29 is 13.9 Å². The van der Waals surface area contributed by atoms with Crippen molar-refractivity contribution in [3.8, 4) is 17.2 Å². The van der Waals surface area contributed by atoms with Gasteiger partial charge in [-0.05, 0) is 73.5 Å². The zero-order chi connectivity index (χ0) is 30.2. The van der Waals surface area contributed by atoms with Gasteiger partial charge in [0.1, 0.15) is 28.7 Å². The van der Waals surface area contributed by atoms with Gasteiger partial charge in [-0.1, -0.05) is 0 Å². The van der Waals surface area contributed by atoms with Crippen molar-refractivity contribution in [1.82, 2.24) is 24.4 Å². The summed E-state index contributed by atoms with van der Waals surface area (Å²) in [6.07, 6.45) is 6.26. The van der Waals surface area contributed by atoms with E-state index in [0.717, 1.165) is 66.9 Å². The first-order valence-corrected chi connectivity index (χ1v) is 14.4. The summed E-state index contributed by atoms with van der Waals surface area (Å²) >= 11 is 0. The number of fused-ring (bicyclic) bond motifs is 1. The Hall–Kier alpha value is -5.07. The predicted octanol–water partition coefficient (Wildman–Crippen LogP) is 4.29. The lowest BCUT2D eigenvalue weighted by molar-refractivity contribution is 0.102. The largest absolute Gasteiger partial charge is 0.457 e. The molecule has 2 aromatic carbocycles. The Kier molecular flexibility index (Phi) is 8.33. The summed E-state index contributed by atoms with van der Waals surface area (Å²) in [5, 5.41) is 6.92. The van der Waals surface area contributed by atoms with E-state index in [-0.39, 0.29) is 29.7 Å². The second-order valence-electron chi connectivity index (χ2n) is 10.8. The lowest BCUT2D eigenvalue weighted by Crippen LogP contribution is -2.43. The standard InChI is InChI=1S/C32H28FN7O4.ClH/c33-20-1-5-23(6-2-20)40-31(42)26(19-39(32(40)43)22-7-8-22)30(41)37-21-3-9-24(10-4-21)44-28-11-12-35-27-18-36-29(17-25(27)28)38-15-13-34-14-16-38;/h1-6,9-12,17-19,22,34H,7-8,13-16H2,(H,37,41);1H. The molecule has 45 heavy (non-hydrogen) atoms. The third kappa shape index (κ3) is 6.15. The molecule has 4 heterocycles. The Labute approximate surface area is 262 Å². The molecule has 13 heteroatoms. The van der Waals surface area contributed by atoms with E-state index in [9.17, 15) is 18.8 Å². The number of carbonyl (C=O) groups is 1. The molecule has 1 amide bonds. The fraction of sp³-hybridized carbons (Fsp3) is 0.219. The molecule has 3 aromatic heterocycles. The topological polar surface area (TPSA) is 123 Å². The number of nitrogens with one attached hydrogen (secondary N) is 2. The molecule has 230 valence electrons. The maximum Gasteiger partial charge on any atom is 0.335 e. The van der Waals surface area contributed by atoms with Crippen LogP contribution in [0.3, 0.4) is 0 Å². The monoisotopic (exact) mass is 629 g/mol. The number of hydrogen-bond donors (Lipinski definition) is 2. The maximum absolute atomic E-state index is 13.5. The number of piperazine rings is 1. The van der Waals surface area contributed by atoms with Gasteiger partial charge in [-0.3, -0.25) is 19.1 Å². The van der Waals surface area contributed by atoms with Crippen LogP contribution in [0, 0.1) is 5.82 Å². The van der Waals surface area contributed by atoms with Gasteiger partial charge >= 0.3 is 5.69 Å². The molecule has 1 saturated carbocycles. The summed E-state index contributed by atoms with van der Waals surface area (Å²) in [6, 6.07) is 15.4. The van der Waals surface area contributed by atoms with Crippen LogP contribution in [0.1, 0.15) is 29.2 Å². The highest BCUT2D eigenvalue weighted by Gasteiger charge is 2.28. The number of aromatic nitrogens is 4. The molecular formula is C32H29ClFN7O4. The SMILES string of the molecule is Cl.O=C(Nc1ccc(Oc2ccnc3cnc(N4CCNCC4)cc23)cc1)c1cn(C2CC2)c(=O)n(-c2ccc(F)cc2)c1=O. The van der Waals surface area contributed by atoms with E-state index in [1.54, 1.807) is 42.7 Å². The number of hydrogen-bond acceptors (Lipinski definition) is 8.